The molecule has 4 aliphatic rings. The van der Waals surface area contributed by atoms with Crippen LogP contribution in [-0.2, 0) is 4.74 Å². The molecule has 4 fully saturated rings. The van der Waals surface area contributed by atoms with Crippen LogP contribution >= 0.6 is 0 Å². The third kappa shape index (κ3) is 1.60. The van der Waals surface area contributed by atoms with Crippen LogP contribution in [0.5, 0.6) is 0 Å². The first-order valence-electron chi connectivity index (χ1n) is 7.31. The van der Waals surface area contributed by atoms with E-state index in [0.717, 1.165) is 12.8 Å². The molecular weight excluding hydrogens is 228 g/mol. The molecule has 2 heterocycles. The van der Waals surface area contributed by atoms with Gasteiger partial charge >= 0.3 is 0 Å². The quantitative estimate of drug-likeness (QED) is 0.695. The van der Waals surface area contributed by atoms with Crippen LogP contribution in [0.2, 0.25) is 0 Å². The van der Waals surface area contributed by atoms with Gasteiger partial charge in [0.25, 0.3) is 0 Å². The van der Waals surface area contributed by atoms with Gasteiger partial charge in [0.2, 0.25) is 0 Å². The van der Waals surface area contributed by atoms with E-state index >= 15 is 0 Å². The molecule has 0 amide bonds. The van der Waals surface area contributed by atoms with Gasteiger partial charge in [0.05, 0.1) is 23.4 Å². The van der Waals surface area contributed by atoms with Gasteiger partial charge in [0.1, 0.15) is 0 Å². The summed E-state index contributed by atoms with van der Waals surface area (Å²) in [6, 6.07) is 0. The second-order valence-electron chi connectivity index (χ2n) is 7.60. The Morgan fingerprint density at radius 2 is 1.72 bits per heavy atom. The highest BCUT2D eigenvalue weighted by atomic mass is 16.5. The predicted molar refractivity (Wildman–Crippen MR) is 69.1 cm³/mol. The fourth-order valence-electron chi connectivity index (χ4n) is 5.26. The summed E-state index contributed by atoms with van der Waals surface area (Å²) in [5, 5.41) is 20.8. The van der Waals surface area contributed by atoms with Crippen LogP contribution < -0.4 is 0 Å². The minimum atomic E-state index is -0.370. The first-order chi connectivity index (χ1) is 8.24. The van der Waals surface area contributed by atoms with E-state index in [4.69, 9.17) is 4.74 Å². The van der Waals surface area contributed by atoms with Crippen LogP contribution in [0.25, 0.3) is 0 Å². The summed E-state index contributed by atoms with van der Waals surface area (Å²) >= 11 is 0. The largest absolute Gasteiger partial charge is 0.393 e. The van der Waals surface area contributed by atoms with Gasteiger partial charge in [-0.15, -0.1) is 0 Å². The molecule has 2 saturated carbocycles. The van der Waals surface area contributed by atoms with Crippen molar-refractivity contribution >= 4 is 0 Å². The zero-order valence-electron chi connectivity index (χ0n) is 11.9. The molecule has 2 aliphatic carbocycles. The van der Waals surface area contributed by atoms with Gasteiger partial charge < -0.3 is 14.9 Å². The van der Waals surface area contributed by atoms with Crippen molar-refractivity contribution in [2.24, 2.45) is 23.7 Å². The van der Waals surface area contributed by atoms with E-state index < -0.39 is 0 Å². The SMILES string of the molecule is CC1CC(O)C2[C@@H]1C[C@H]1C(O)C[C@]2(C)OC1(C)C. The fraction of sp³-hybridized carbons (Fsp3) is 1.00. The topological polar surface area (TPSA) is 49.7 Å². The maximum absolute atomic E-state index is 10.4. The first kappa shape index (κ1) is 12.9. The van der Waals surface area contributed by atoms with Gasteiger partial charge in [0.15, 0.2) is 0 Å². The van der Waals surface area contributed by atoms with E-state index in [0.29, 0.717) is 18.3 Å². The van der Waals surface area contributed by atoms with Gasteiger partial charge in [-0.2, -0.15) is 0 Å². The first-order valence-corrected chi connectivity index (χ1v) is 7.31. The third-order valence-electron chi connectivity index (χ3n) is 5.92. The number of rotatable bonds is 0. The van der Waals surface area contributed by atoms with Crippen molar-refractivity contribution in [1.82, 2.24) is 0 Å². The summed E-state index contributed by atoms with van der Waals surface area (Å²) < 4.78 is 6.37. The Morgan fingerprint density at radius 1 is 1.06 bits per heavy atom. The number of hydrogen-bond acceptors (Lipinski definition) is 3. The zero-order valence-corrected chi connectivity index (χ0v) is 11.9. The maximum Gasteiger partial charge on any atom is 0.0742 e. The number of hydrogen-bond donors (Lipinski definition) is 2. The van der Waals surface area contributed by atoms with Gasteiger partial charge in [0, 0.05) is 18.3 Å². The summed E-state index contributed by atoms with van der Waals surface area (Å²) in [6.45, 7) is 8.52. The fourth-order valence-corrected chi connectivity index (χ4v) is 5.26. The van der Waals surface area contributed by atoms with E-state index in [1.807, 2.05) is 0 Å². The highest BCUT2D eigenvalue weighted by molar-refractivity contribution is 5.10. The molecule has 0 radical (unpaired) electrons. The van der Waals surface area contributed by atoms with E-state index in [1.165, 1.54) is 0 Å². The average molecular weight is 254 g/mol. The monoisotopic (exact) mass is 254 g/mol. The second-order valence-corrected chi connectivity index (χ2v) is 7.60. The van der Waals surface area contributed by atoms with Crippen LogP contribution in [0.3, 0.4) is 0 Å². The molecule has 7 atom stereocenters. The number of aliphatic hydroxyl groups is 2. The van der Waals surface area contributed by atoms with E-state index in [-0.39, 0.29) is 35.2 Å². The standard InChI is InChI=1S/C15H26O3/c1-8-5-11(16)13-9(8)6-10-12(17)7-15(13,4)18-14(10,2)3/h8-13,16-17H,5-7H2,1-4H3/t8?,9-,10+,11?,12?,13?,15+/m1/s1. The Morgan fingerprint density at radius 3 is 2.33 bits per heavy atom. The molecule has 0 aromatic heterocycles. The lowest BCUT2D eigenvalue weighted by Crippen LogP contribution is -2.56. The Bertz CT molecular complexity index is 354. The van der Waals surface area contributed by atoms with Crippen molar-refractivity contribution in [1.29, 1.82) is 0 Å². The Balaban J connectivity index is 2.05. The number of aliphatic hydroxyl groups excluding tert-OH is 2. The predicted octanol–water partition coefficient (Wildman–Crippen LogP) is 1.96. The van der Waals surface area contributed by atoms with Gasteiger partial charge in [-0.3, -0.25) is 0 Å². The van der Waals surface area contributed by atoms with Crippen molar-refractivity contribution in [3.63, 3.8) is 0 Å². The van der Waals surface area contributed by atoms with Gasteiger partial charge in [-0.1, -0.05) is 6.92 Å². The highest BCUT2D eigenvalue weighted by Crippen LogP contribution is 2.58. The van der Waals surface area contributed by atoms with E-state index in [2.05, 4.69) is 27.7 Å². The average Bonchev–Trinajstić information content (AvgIpc) is 2.35. The molecule has 104 valence electrons. The molecule has 2 saturated heterocycles. The van der Waals surface area contributed by atoms with Crippen molar-refractivity contribution in [3.8, 4) is 0 Å². The van der Waals surface area contributed by atoms with E-state index in [1.54, 1.807) is 0 Å². The molecule has 4 unspecified atom stereocenters. The molecule has 0 spiro atoms. The minimum Gasteiger partial charge on any atom is -0.393 e. The Labute approximate surface area is 110 Å². The normalized spacial score (nSPS) is 58.3. The van der Waals surface area contributed by atoms with Gasteiger partial charge in [-0.05, 0) is 45.4 Å². The van der Waals surface area contributed by atoms with Crippen LogP contribution in [-0.4, -0.2) is 33.6 Å². The Hall–Kier alpha value is -0.120. The maximum atomic E-state index is 10.4. The molecule has 2 N–H and O–H groups in total. The van der Waals surface area contributed by atoms with Crippen LogP contribution in [0.15, 0.2) is 0 Å². The lowest BCUT2D eigenvalue weighted by molar-refractivity contribution is -0.238. The second kappa shape index (κ2) is 3.71. The zero-order chi connectivity index (χ0) is 13.3. The molecular formula is C15H26O3. The minimum absolute atomic E-state index is 0.189. The molecule has 18 heavy (non-hydrogen) atoms. The summed E-state index contributed by atoms with van der Waals surface area (Å²) in [6.07, 6.45) is 1.99. The van der Waals surface area contributed by atoms with Gasteiger partial charge in [-0.25, -0.2) is 0 Å². The smallest absolute Gasteiger partial charge is 0.0742 e. The van der Waals surface area contributed by atoms with Crippen LogP contribution in [0.4, 0.5) is 0 Å². The summed E-state index contributed by atoms with van der Waals surface area (Å²) in [5.41, 5.74) is -0.652. The summed E-state index contributed by atoms with van der Waals surface area (Å²) in [4.78, 5) is 0. The van der Waals surface area contributed by atoms with Crippen molar-refractivity contribution in [2.75, 3.05) is 0 Å². The molecule has 2 bridgehead atoms. The van der Waals surface area contributed by atoms with Crippen molar-refractivity contribution in [3.05, 3.63) is 0 Å². The van der Waals surface area contributed by atoms with Crippen LogP contribution in [0.1, 0.15) is 47.0 Å². The third-order valence-corrected chi connectivity index (χ3v) is 5.92. The van der Waals surface area contributed by atoms with Crippen molar-refractivity contribution < 1.29 is 14.9 Å². The molecule has 2 aliphatic heterocycles. The Kier molecular flexibility index (Phi) is 2.66. The molecule has 0 aromatic rings. The molecule has 0 aromatic carbocycles. The summed E-state index contributed by atoms with van der Waals surface area (Å²) in [7, 11) is 0. The molecule has 3 nitrogen and oxygen atoms in total. The summed E-state index contributed by atoms with van der Waals surface area (Å²) in [5.74, 6) is 1.42. The number of fused-ring (bicyclic) bond motifs is 2. The number of ether oxygens (including phenoxy) is 1. The van der Waals surface area contributed by atoms with Crippen LogP contribution in [0, 0.1) is 23.7 Å². The lowest BCUT2D eigenvalue weighted by atomic mass is 9.76. The molecule has 3 heteroatoms. The van der Waals surface area contributed by atoms with Crippen molar-refractivity contribution in [2.45, 2.75) is 70.4 Å². The van der Waals surface area contributed by atoms with E-state index in [9.17, 15) is 10.2 Å². The lowest BCUT2D eigenvalue weighted by Gasteiger charge is -2.50. The molecule has 4 rings (SSSR count). The highest BCUT2D eigenvalue weighted by Gasteiger charge is 2.61.